The Morgan fingerprint density at radius 3 is 1.90 bits per heavy atom. The maximum atomic E-state index is 12.9. The van der Waals surface area contributed by atoms with Crippen LogP contribution < -0.4 is 19.4 Å². The highest BCUT2D eigenvalue weighted by molar-refractivity contribution is 8.14. The van der Waals surface area contributed by atoms with Crippen LogP contribution in [0.15, 0.2) is 23.6 Å². The van der Waals surface area contributed by atoms with Crippen molar-refractivity contribution >= 4 is 74.7 Å². The van der Waals surface area contributed by atoms with Crippen molar-refractivity contribution in [2.45, 2.75) is 25.7 Å². The molecular formula is C25H29Cl2N9OS2. The number of nitrogens with zero attached hydrogens (tertiary/aromatic N) is 8. The molecule has 1 N–H and O–H groups in total. The van der Waals surface area contributed by atoms with Crippen LogP contribution in [-0.2, 0) is 0 Å². The lowest BCUT2D eigenvalue weighted by atomic mass is 10.2. The second-order valence-corrected chi connectivity index (χ2v) is 12.2. The first-order valence-electron chi connectivity index (χ1n) is 13.2. The third kappa shape index (κ3) is 6.13. The molecule has 14 heteroatoms. The van der Waals surface area contributed by atoms with E-state index in [0.29, 0.717) is 47.3 Å². The molecular weight excluding hydrogens is 577 g/mol. The van der Waals surface area contributed by atoms with E-state index in [1.807, 2.05) is 16.3 Å². The number of anilines is 4. The van der Waals surface area contributed by atoms with E-state index in [4.69, 9.17) is 38.2 Å². The summed E-state index contributed by atoms with van der Waals surface area (Å²) in [5, 5.41) is 3.53. The summed E-state index contributed by atoms with van der Waals surface area (Å²) in [6.07, 6.45) is 4.68. The molecule has 3 fully saturated rings. The number of halogens is 2. The lowest BCUT2D eigenvalue weighted by Gasteiger charge is -2.35. The number of piperazine rings is 1. The summed E-state index contributed by atoms with van der Waals surface area (Å²) in [5.74, 6) is 2.27. The van der Waals surface area contributed by atoms with Gasteiger partial charge < -0.3 is 19.6 Å². The molecule has 39 heavy (non-hydrogen) atoms. The van der Waals surface area contributed by atoms with Crippen LogP contribution in [-0.4, -0.2) is 82.4 Å². The van der Waals surface area contributed by atoms with E-state index in [-0.39, 0.29) is 5.24 Å². The average Bonchev–Trinajstić information content (AvgIpc) is 3.76. The van der Waals surface area contributed by atoms with Crippen molar-refractivity contribution < 1.29 is 4.79 Å². The molecule has 5 heterocycles. The Labute approximate surface area is 245 Å². The highest BCUT2D eigenvalue weighted by Crippen LogP contribution is 2.31. The van der Waals surface area contributed by atoms with E-state index < -0.39 is 0 Å². The smallest absolute Gasteiger partial charge is 0.302 e. The highest BCUT2D eigenvalue weighted by atomic mass is 35.5. The van der Waals surface area contributed by atoms with Gasteiger partial charge in [-0.3, -0.25) is 9.52 Å². The molecule has 0 radical (unpaired) electrons. The van der Waals surface area contributed by atoms with Crippen molar-refractivity contribution in [2.24, 2.45) is 0 Å². The number of thiazole rings is 1. The fourth-order valence-electron chi connectivity index (χ4n) is 4.95. The number of hydrogen-bond donors (Lipinski definition) is 1. The molecule has 0 saturated carbocycles. The first kappa shape index (κ1) is 26.7. The summed E-state index contributed by atoms with van der Waals surface area (Å²) in [4.78, 5) is 40.6. The Balaban J connectivity index is 1.06. The molecule has 1 amide bonds. The topological polar surface area (TPSA) is 93.6 Å². The standard InChI is InChI=1S/C25H29Cl2N9OS2/c26-18-6-5-17(15-19(18)27)20-16-38-24(28-20)32-39-25(37)36-13-11-35(12-14-36)23-30-21(33-7-1-2-8-33)29-22(31-23)34-9-3-4-10-34/h5-6,15-16H,1-4,7-14H2,(H,28,32). The van der Waals surface area contributed by atoms with Crippen molar-refractivity contribution in [3.05, 3.63) is 33.6 Å². The molecule has 0 atom stereocenters. The minimum absolute atomic E-state index is 0.0351. The Morgan fingerprint density at radius 2 is 1.33 bits per heavy atom. The predicted octanol–water partition coefficient (Wildman–Crippen LogP) is 5.50. The third-order valence-corrected chi connectivity index (χ3v) is 9.50. The van der Waals surface area contributed by atoms with E-state index in [9.17, 15) is 4.79 Å². The minimum atomic E-state index is -0.0351. The molecule has 206 valence electrons. The number of hydrogen-bond acceptors (Lipinski definition) is 11. The summed E-state index contributed by atoms with van der Waals surface area (Å²) in [6.45, 7) is 6.51. The molecule has 0 aliphatic carbocycles. The van der Waals surface area contributed by atoms with Crippen LogP contribution in [0.5, 0.6) is 0 Å². The Morgan fingerprint density at radius 1 is 0.769 bits per heavy atom. The van der Waals surface area contributed by atoms with Crippen LogP contribution in [0.3, 0.4) is 0 Å². The highest BCUT2D eigenvalue weighted by Gasteiger charge is 2.27. The zero-order chi connectivity index (χ0) is 26.8. The van der Waals surface area contributed by atoms with E-state index in [1.165, 1.54) is 37.0 Å². The van der Waals surface area contributed by atoms with E-state index >= 15 is 0 Å². The van der Waals surface area contributed by atoms with Gasteiger partial charge in [-0.1, -0.05) is 29.3 Å². The van der Waals surface area contributed by atoms with Gasteiger partial charge in [-0.05, 0) is 37.8 Å². The third-order valence-electron chi connectivity index (χ3n) is 7.14. The van der Waals surface area contributed by atoms with Gasteiger partial charge in [0.25, 0.3) is 0 Å². The first-order valence-corrected chi connectivity index (χ1v) is 15.6. The van der Waals surface area contributed by atoms with Crippen molar-refractivity contribution in [2.75, 3.05) is 71.8 Å². The lowest BCUT2D eigenvalue weighted by Crippen LogP contribution is -2.48. The van der Waals surface area contributed by atoms with Crippen LogP contribution in [0, 0.1) is 0 Å². The number of nitrogens with one attached hydrogen (secondary N) is 1. The van der Waals surface area contributed by atoms with Crippen molar-refractivity contribution in [1.29, 1.82) is 0 Å². The molecule has 10 nitrogen and oxygen atoms in total. The molecule has 0 unspecified atom stereocenters. The van der Waals surface area contributed by atoms with Gasteiger partial charge in [0.15, 0.2) is 5.13 Å². The van der Waals surface area contributed by atoms with Gasteiger partial charge in [0.05, 0.1) is 15.7 Å². The Kier molecular flexibility index (Phi) is 8.14. The molecule has 6 rings (SSSR count). The Hall–Kier alpha value is -2.54. The monoisotopic (exact) mass is 605 g/mol. The fourth-order valence-corrected chi connectivity index (χ4v) is 6.66. The average molecular weight is 607 g/mol. The zero-order valence-corrected chi connectivity index (χ0v) is 24.5. The van der Waals surface area contributed by atoms with Gasteiger partial charge in [-0.25, -0.2) is 4.98 Å². The van der Waals surface area contributed by atoms with E-state index in [1.54, 1.807) is 12.1 Å². The van der Waals surface area contributed by atoms with Crippen LogP contribution in [0.1, 0.15) is 25.7 Å². The zero-order valence-electron chi connectivity index (χ0n) is 21.4. The number of amides is 1. The predicted molar refractivity (Wildman–Crippen MR) is 161 cm³/mol. The maximum absolute atomic E-state index is 12.9. The van der Waals surface area contributed by atoms with Crippen LogP contribution in [0.4, 0.5) is 27.8 Å². The van der Waals surface area contributed by atoms with Crippen molar-refractivity contribution in [3.8, 4) is 11.3 Å². The summed E-state index contributed by atoms with van der Waals surface area (Å²) in [7, 11) is 0. The molecule has 3 aliphatic rings. The molecule has 1 aromatic carbocycles. The summed E-state index contributed by atoms with van der Waals surface area (Å²) in [5.41, 5.74) is 1.65. The number of benzene rings is 1. The van der Waals surface area contributed by atoms with Gasteiger partial charge in [0.2, 0.25) is 17.8 Å². The SMILES string of the molecule is O=C(SNc1nc(-c2ccc(Cl)c(Cl)c2)cs1)N1CCN(c2nc(N3CCCC3)nc(N3CCCC3)n2)CC1. The van der Waals surface area contributed by atoms with Gasteiger partial charge in [0, 0.05) is 75.2 Å². The molecule has 3 saturated heterocycles. The molecule has 0 spiro atoms. The second kappa shape index (κ2) is 11.9. The number of carbonyl (C=O) groups excluding carboxylic acids is 1. The minimum Gasteiger partial charge on any atom is -0.341 e. The summed E-state index contributed by atoms with van der Waals surface area (Å²) >= 11 is 14.6. The largest absolute Gasteiger partial charge is 0.341 e. The van der Waals surface area contributed by atoms with Gasteiger partial charge in [-0.15, -0.1) is 11.3 Å². The van der Waals surface area contributed by atoms with Crippen molar-refractivity contribution in [1.82, 2.24) is 24.8 Å². The second-order valence-electron chi connectivity index (χ2n) is 9.73. The van der Waals surface area contributed by atoms with Crippen molar-refractivity contribution in [3.63, 3.8) is 0 Å². The first-order chi connectivity index (χ1) is 19.0. The quantitative estimate of drug-likeness (QED) is 0.363. The number of rotatable bonds is 6. The Bertz CT molecular complexity index is 1290. The van der Waals surface area contributed by atoms with Crippen LogP contribution >= 0.6 is 46.5 Å². The molecule has 3 aliphatic heterocycles. The summed E-state index contributed by atoms with van der Waals surface area (Å²) in [6, 6.07) is 5.41. The van der Waals surface area contributed by atoms with Crippen LogP contribution in [0.2, 0.25) is 10.0 Å². The summed E-state index contributed by atoms with van der Waals surface area (Å²) < 4.78 is 3.09. The van der Waals surface area contributed by atoms with Crippen LogP contribution in [0.25, 0.3) is 11.3 Å². The molecule has 0 bridgehead atoms. The number of carbonyl (C=O) groups is 1. The fraction of sp³-hybridized carbons (Fsp3) is 0.480. The normalized spacial score (nSPS) is 17.8. The van der Waals surface area contributed by atoms with E-state index in [2.05, 4.69) is 24.4 Å². The van der Waals surface area contributed by atoms with E-state index in [0.717, 1.165) is 61.3 Å². The number of aromatic nitrogens is 4. The lowest BCUT2D eigenvalue weighted by molar-refractivity contribution is 0.219. The van der Waals surface area contributed by atoms with Gasteiger partial charge in [-0.2, -0.15) is 15.0 Å². The van der Waals surface area contributed by atoms with Gasteiger partial charge >= 0.3 is 5.24 Å². The molecule has 3 aromatic rings. The molecule has 2 aromatic heterocycles. The maximum Gasteiger partial charge on any atom is 0.302 e. The van der Waals surface area contributed by atoms with Gasteiger partial charge in [0.1, 0.15) is 0 Å².